The van der Waals surface area contributed by atoms with Crippen LogP contribution in [-0.2, 0) is 4.79 Å². The van der Waals surface area contributed by atoms with Crippen molar-refractivity contribution >= 4 is 22.8 Å². The lowest BCUT2D eigenvalue weighted by molar-refractivity contribution is -0.139. The Hall–Kier alpha value is -3.22. The Morgan fingerprint density at radius 2 is 1.87 bits per heavy atom. The quantitative estimate of drug-likeness (QED) is 0.574. The van der Waals surface area contributed by atoms with Crippen LogP contribution in [0, 0.1) is 24.5 Å². The number of carbonyl (C=O) groups is 2. The number of benzene rings is 2. The summed E-state index contributed by atoms with van der Waals surface area (Å²) < 4.78 is 30.0. The van der Waals surface area contributed by atoms with E-state index in [1.54, 1.807) is 6.92 Å². The number of rotatable bonds is 5. The van der Waals surface area contributed by atoms with Crippen molar-refractivity contribution in [1.29, 1.82) is 0 Å². The van der Waals surface area contributed by atoms with E-state index < -0.39 is 35.2 Å². The van der Waals surface area contributed by atoms with E-state index in [1.807, 2.05) is 0 Å². The fourth-order valence-electron chi connectivity index (χ4n) is 4.84. The standard InChI is InChI=1S/C24H23F2NO4/c1-13-20(17(24(30)31)11-14-5-2-3-6-14)21-18(9-10-19(28)22(21)26)27(13)23(29)15-7-4-8-16(25)12-15/h4,7-10,12,14,17,28H,2-3,5-6,11H2,1H3,(H,30,31)/t17-/m0/s1. The number of aromatic hydroxyl groups is 1. The van der Waals surface area contributed by atoms with Gasteiger partial charge >= 0.3 is 5.97 Å². The van der Waals surface area contributed by atoms with E-state index in [-0.39, 0.29) is 33.6 Å². The summed E-state index contributed by atoms with van der Waals surface area (Å²) in [6.45, 7) is 1.56. The third kappa shape index (κ3) is 3.69. The van der Waals surface area contributed by atoms with Gasteiger partial charge in [0.1, 0.15) is 5.82 Å². The molecular weight excluding hydrogens is 404 g/mol. The number of hydrogen-bond donors (Lipinski definition) is 2. The molecule has 162 valence electrons. The van der Waals surface area contributed by atoms with Gasteiger partial charge in [-0.3, -0.25) is 14.2 Å². The molecule has 0 aliphatic heterocycles. The average Bonchev–Trinajstić information content (AvgIpc) is 3.34. The van der Waals surface area contributed by atoms with E-state index in [0.717, 1.165) is 37.8 Å². The van der Waals surface area contributed by atoms with Gasteiger partial charge in [0.2, 0.25) is 0 Å². The number of carboxylic acids is 1. The summed E-state index contributed by atoms with van der Waals surface area (Å²) in [5.41, 5.74) is 0.671. The van der Waals surface area contributed by atoms with Crippen LogP contribution in [-0.4, -0.2) is 26.7 Å². The van der Waals surface area contributed by atoms with Crippen LogP contribution in [0.2, 0.25) is 0 Å². The van der Waals surface area contributed by atoms with E-state index >= 15 is 4.39 Å². The first kappa shape index (κ1) is 21.0. The highest BCUT2D eigenvalue weighted by atomic mass is 19.1. The largest absolute Gasteiger partial charge is 0.505 e. The summed E-state index contributed by atoms with van der Waals surface area (Å²) in [6, 6.07) is 7.65. The summed E-state index contributed by atoms with van der Waals surface area (Å²) in [4.78, 5) is 25.5. The lowest BCUT2D eigenvalue weighted by atomic mass is 9.86. The maximum Gasteiger partial charge on any atom is 0.311 e. The predicted octanol–water partition coefficient (Wildman–Crippen LogP) is 5.37. The molecule has 1 fully saturated rings. The maximum absolute atomic E-state index is 15.1. The molecule has 2 N–H and O–H groups in total. The van der Waals surface area contributed by atoms with E-state index in [1.165, 1.54) is 28.8 Å². The monoisotopic (exact) mass is 427 g/mol. The molecule has 7 heteroatoms. The van der Waals surface area contributed by atoms with Crippen LogP contribution in [0.3, 0.4) is 0 Å². The molecule has 0 bridgehead atoms. The second kappa shape index (κ2) is 8.13. The smallest absolute Gasteiger partial charge is 0.311 e. The van der Waals surface area contributed by atoms with Gasteiger partial charge in [0.25, 0.3) is 5.91 Å². The van der Waals surface area contributed by atoms with Gasteiger partial charge in [0.15, 0.2) is 11.6 Å². The molecule has 2 aromatic carbocycles. The molecule has 4 rings (SSSR count). The second-order valence-electron chi connectivity index (χ2n) is 8.22. The number of aliphatic carboxylic acids is 1. The molecule has 1 aliphatic rings. The van der Waals surface area contributed by atoms with Crippen molar-refractivity contribution < 1.29 is 28.6 Å². The van der Waals surface area contributed by atoms with Gasteiger partial charge in [-0.2, -0.15) is 0 Å². The Balaban J connectivity index is 1.94. The van der Waals surface area contributed by atoms with Gasteiger partial charge in [-0.25, -0.2) is 8.78 Å². The number of halogens is 2. The van der Waals surface area contributed by atoms with Crippen molar-refractivity contribution in [3.63, 3.8) is 0 Å². The molecule has 0 unspecified atom stereocenters. The molecule has 31 heavy (non-hydrogen) atoms. The number of carboxylic acid groups (broad SMARTS) is 1. The maximum atomic E-state index is 15.1. The van der Waals surface area contributed by atoms with Crippen molar-refractivity contribution in [2.24, 2.45) is 5.92 Å². The highest BCUT2D eigenvalue weighted by Gasteiger charge is 2.34. The highest BCUT2D eigenvalue weighted by Crippen LogP contribution is 2.41. The van der Waals surface area contributed by atoms with E-state index in [9.17, 15) is 24.2 Å². The zero-order chi connectivity index (χ0) is 22.3. The number of aromatic nitrogens is 1. The van der Waals surface area contributed by atoms with Crippen molar-refractivity contribution in [3.05, 3.63) is 64.9 Å². The Morgan fingerprint density at radius 3 is 2.52 bits per heavy atom. The first-order valence-electron chi connectivity index (χ1n) is 10.3. The molecule has 0 radical (unpaired) electrons. The summed E-state index contributed by atoms with van der Waals surface area (Å²) in [5, 5.41) is 19.9. The molecule has 1 aromatic heterocycles. The SMILES string of the molecule is Cc1c([C@H](CC2CCCC2)C(=O)O)c2c(F)c(O)ccc2n1C(=O)c1cccc(F)c1. The first-order valence-corrected chi connectivity index (χ1v) is 10.3. The van der Waals surface area contributed by atoms with E-state index in [2.05, 4.69) is 0 Å². The van der Waals surface area contributed by atoms with Crippen molar-refractivity contribution in [2.75, 3.05) is 0 Å². The molecule has 1 heterocycles. The summed E-state index contributed by atoms with van der Waals surface area (Å²) >= 11 is 0. The minimum atomic E-state index is -1.10. The van der Waals surface area contributed by atoms with Crippen LogP contribution in [0.4, 0.5) is 8.78 Å². The number of phenolic OH excluding ortho intramolecular Hbond substituents is 1. The van der Waals surface area contributed by atoms with E-state index in [0.29, 0.717) is 6.42 Å². The lowest BCUT2D eigenvalue weighted by Crippen LogP contribution is -2.18. The van der Waals surface area contributed by atoms with Crippen LogP contribution in [0.1, 0.15) is 59.6 Å². The van der Waals surface area contributed by atoms with Crippen LogP contribution in [0.15, 0.2) is 36.4 Å². The molecule has 0 saturated heterocycles. The van der Waals surface area contributed by atoms with Gasteiger partial charge in [-0.1, -0.05) is 31.7 Å². The van der Waals surface area contributed by atoms with Crippen molar-refractivity contribution in [3.8, 4) is 5.75 Å². The zero-order valence-electron chi connectivity index (χ0n) is 17.1. The van der Waals surface area contributed by atoms with Gasteiger partial charge in [-0.15, -0.1) is 0 Å². The molecule has 0 spiro atoms. The molecule has 3 aromatic rings. The number of carbonyl (C=O) groups excluding carboxylic acids is 1. The topological polar surface area (TPSA) is 79.5 Å². The summed E-state index contributed by atoms with van der Waals surface area (Å²) in [6.07, 6.45) is 4.23. The van der Waals surface area contributed by atoms with Crippen LogP contribution in [0.25, 0.3) is 10.9 Å². The number of fused-ring (bicyclic) bond motifs is 1. The normalized spacial score (nSPS) is 15.5. The number of hydrogen-bond acceptors (Lipinski definition) is 3. The fourth-order valence-corrected chi connectivity index (χ4v) is 4.84. The third-order valence-electron chi connectivity index (χ3n) is 6.30. The van der Waals surface area contributed by atoms with Gasteiger partial charge < -0.3 is 10.2 Å². The molecule has 1 saturated carbocycles. The molecule has 1 atom stereocenters. The third-order valence-corrected chi connectivity index (χ3v) is 6.30. The van der Waals surface area contributed by atoms with E-state index in [4.69, 9.17) is 0 Å². The Morgan fingerprint density at radius 1 is 1.16 bits per heavy atom. The zero-order valence-corrected chi connectivity index (χ0v) is 17.1. The highest BCUT2D eigenvalue weighted by molar-refractivity contribution is 6.05. The predicted molar refractivity (Wildman–Crippen MR) is 111 cm³/mol. The first-order chi connectivity index (χ1) is 14.8. The van der Waals surface area contributed by atoms with Crippen molar-refractivity contribution in [2.45, 2.75) is 44.9 Å². The Kier molecular flexibility index (Phi) is 5.52. The Labute approximate surface area is 177 Å². The minimum absolute atomic E-state index is 0.0581. The number of phenols is 1. The molecule has 5 nitrogen and oxygen atoms in total. The molecule has 1 aliphatic carbocycles. The van der Waals surface area contributed by atoms with Gasteiger partial charge in [-0.05, 0) is 55.2 Å². The van der Waals surface area contributed by atoms with Crippen molar-refractivity contribution in [1.82, 2.24) is 4.57 Å². The average molecular weight is 427 g/mol. The summed E-state index contributed by atoms with van der Waals surface area (Å²) in [7, 11) is 0. The van der Waals surface area contributed by atoms with Crippen LogP contribution in [0.5, 0.6) is 5.75 Å². The Bertz CT molecular complexity index is 1180. The number of nitrogens with zero attached hydrogens (tertiary/aromatic N) is 1. The molecule has 0 amide bonds. The lowest BCUT2D eigenvalue weighted by Gasteiger charge is -2.18. The second-order valence-corrected chi connectivity index (χ2v) is 8.22. The minimum Gasteiger partial charge on any atom is -0.505 e. The molecular formula is C24H23F2NO4. The van der Waals surface area contributed by atoms with Crippen LogP contribution >= 0.6 is 0 Å². The van der Waals surface area contributed by atoms with Gasteiger partial charge in [0, 0.05) is 16.6 Å². The summed E-state index contributed by atoms with van der Waals surface area (Å²) in [5.74, 6) is -4.68. The van der Waals surface area contributed by atoms with Gasteiger partial charge in [0.05, 0.1) is 11.4 Å². The fraction of sp³-hybridized carbons (Fsp3) is 0.333. The van der Waals surface area contributed by atoms with Crippen LogP contribution < -0.4 is 0 Å².